The van der Waals surface area contributed by atoms with Crippen molar-refractivity contribution in [1.29, 1.82) is 0 Å². The van der Waals surface area contributed by atoms with Crippen LogP contribution in [0, 0.1) is 6.92 Å². The van der Waals surface area contributed by atoms with E-state index in [2.05, 4.69) is 5.32 Å². The van der Waals surface area contributed by atoms with Crippen LogP contribution in [-0.4, -0.2) is 17.8 Å². The molecule has 1 saturated heterocycles. The van der Waals surface area contributed by atoms with Gasteiger partial charge in [-0.2, -0.15) is 0 Å². The van der Waals surface area contributed by atoms with Crippen molar-refractivity contribution in [2.24, 2.45) is 0 Å². The first-order chi connectivity index (χ1) is 17.4. The van der Waals surface area contributed by atoms with Crippen molar-refractivity contribution in [1.82, 2.24) is 5.32 Å². The monoisotopic (exact) mass is 496 g/mol. The van der Waals surface area contributed by atoms with Crippen molar-refractivity contribution in [2.75, 3.05) is 4.90 Å². The van der Waals surface area contributed by atoms with Crippen molar-refractivity contribution in [2.45, 2.75) is 13.5 Å². The maximum absolute atomic E-state index is 13.5. The molecule has 4 aromatic rings. The minimum absolute atomic E-state index is 0.188. The number of ether oxygens (including phenoxy) is 1. The summed E-state index contributed by atoms with van der Waals surface area (Å²) in [5, 5.41) is 4.39. The summed E-state index contributed by atoms with van der Waals surface area (Å²) < 4.78 is 6.12. The lowest BCUT2D eigenvalue weighted by atomic mass is 9.99. The number of nitrogens with one attached hydrogen (secondary N) is 1. The number of anilines is 1. The number of rotatable bonds is 5. The highest BCUT2D eigenvalue weighted by Gasteiger charge is 2.37. The molecule has 4 amide bonds. The summed E-state index contributed by atoms with van der Waals surface area (Å²) in [5.74, 6) is -1.01. The van der Waals surface area contributed by atoms with Crippen LogP contribution in [0.3, 0.4) is 0 Å². The SMILES string of the molecule is Cc1ccc(N2C(=O)NC(=O)/C(=C\c3c(OCc4ccccc4)ccc4ccccc34)C2=O)cc1Cl. The average molecular weight is 497 g/mol. The molecule has 0 spiro atoms. The highest BCUT2D eigenvalue weighted by atomic mass is 35.5. The summed E-state index contributed by atoms with van der Waals surface area (Å²) in [4.78, 5) is 39.8. The fourth-order valence-corrected chi connectivity index (χ4v) is 4.22. The van der Waals surface area contributed by atoms with Crippen LogP contribution < -0.4 is 15.0 Å². The molecule has 0 atom stereocenters. The van der Waals surface area contributed by atoms with Gasteiger partial charge < -0.3 is 4.74 Å². The summed E-state index contributed by atoms with van der Waals surface area (Å²) in [7, 11) is 0. The van der Waals surface area contributed by atoms with E-state index in [4.69, 9.17) is 16.3 Å². The second kappa shape index (κ2) is 9.68. The summed E-state index contributed by atoms with van der Waals surface area (Å²) in [6.45, 7) is 2.12. The molecule has 36 heavy (non-hydrogen) atoms. The molecule has 1 heterocycles. The lowest BCUT2D eigenvalue weighted by Crippen LogP contribution is -2.54. The fraction of sp³-hybridized carbons (Fsp3) is 0.0690. The van der Waals surface area contributed by atoms with E-state index < -0.39 is 17.8 Å². The van der Waals surface area contributed by atoms with Gasteiger partial charge in [0.05, 0.1) is 5.69 Å². The molecular formula is C29H21ClN2O4. The van der Waals surface area contributed by atoms with Gasteiger partial charge in [0.25, 0.3) is 11.8 Å². The van der Waals surface area contributed by atoms with Gasteiger partial charge in [0, 0.05) is 10.6 Å². The second-order valence-electron chi connectivity index (χ2n) is 8.36. The molecule has 1 aliphatic rings. The van der Waals surface area contributed by atoms with Crippen molar-refractivity contribution in [3.05, 3.63) is 112 Å². The average Bonchev–Trinajstić information content (AvgIpc) is 2.88. The quantitative estimate of drug-likeness (QED) is 0.270. The zero-order chi connectivity index (χ0) is 25.2. The normalized spacial score (nSPS) is 14.9. The lowest BCUT2D eigenvalue weighted by molar-refractivity contribution is -0.122. The number of barbiturate groups is 1. The largest absolute Gasteiger partial charge is 0.488 e. The molecule has 0 saturated carbocycles. The number of nitrogens with zero attached hydrogens (tertiary/aromatic N) is 1. The number of carbonyl (C=O) groups excluding carboxylic acids is 3. The van der Waals surface area contributed by atoms with Gasteiger partial charge in [0.1, 0.15) is 17.9 Å². The number of fused-ring (bicyclic) bond motifs is 1. The number of hydrogen-bond donors (Lipinski definition) is 1. The van der Waals surface area contributed by atoms with Gasteiger partial charge >= 0.3 is 6.03 Å². The Hall–Kier alpha value is -4.42. The molecule has 1 fully saturated rings. The van der Waals surface area contributed by atoms with Crippen molar-refractivity contribution >= 4 is 52.0 Å². The number of carbonyl (C=O) groups is 3. The third-order valence-electron chi connectivity index (χ3n) is 5.97. The molecule has 178 valence electrons. The Morgan fingerprint density at radius 2 is 1.67 bits per heavy atom. The Kier molecular flexibility index (Phi) is 6.27. The number of aryl methyl sites for hydroxylation is 1. The minimum atomic E-state index is -0.833. The first kappa shape index (κ1) is 23.3. The minimum Gasteiger partial charge on any atom is -0.488 e. The number of benzene rings is 4. The van der Waals surface area contributed by atoms with Crippen LogP contribution in [0.2, 0.25) is 5.02 Å². The number of halogens is 1. The van der Waals surface area contributed by atoms with E-state index >= 15 is 0 Å². The maximum atomic E-state index is 13.5. The first-order valence-electron chi connectivity index (χ1n) is 11.3. The Morgan fingerprint density at radius 1 is 0.917 bits per heavy atom. The lowest BCUT2D eigenvalue weighted by Gasteiger charge is -2.27. The van der Waals surface area contributed by atoms with Gasteiger partial charge in [-0.1, -0.05) is 78.3 Å². The predicted octanol–water partition coefficient (Wildman–Crippen LogP) is 6.05. The van der Waals surface area contributed by atoms with E-state index in [0.29, 0.717) is 22.9 Å². The van der Waals surface area contributed by atoms with E-state index in [0.717, 1.165) is 26.8 Å². The van der Waals surface area contributed by atoms with Crippen LogP contribution in [0.5, 0.6) is 5.75 Å². The molecule has 0 bridgehead atoms. The van der Waals surface area contributed by atoms with Gasteiger partial charge in [0.15, 0.2) is 0 Å². The molecule has 6 nitrogen and oxygen atoms in total. The molecule has 1 aliphatic heterocycles. The highest BCUT2D eigenvalue weighted by molar-refractivity contribution is 6.40. The maximum Gasteiger partial charge on any atom is 0.335 e. The highest BCUT2D eigenvalue weighted by Crippen LogP contribution is 2.33. The van der Waals surface area contributed by atoms with E-state index in [9.17, 15) is 14.4 Å². The van der Waals surface area contributed by atoms with E-state index in [1.807, 2.05) is 73.7 Å². The van der Waals surface area contributed by atoms with Gasteiger partial charge in [-0.3, -0.25) is 14.9 Å². The Morgan fingerprint density at radius 3 is 2.44 bits per heavy atom. The molecule has 0 aromatic heterocycles. The van der Waals surface area contributed by atoms with Crippen molar-refractivity contribution < 1.29 is 19.1 Å². The number of urea groups is 1. The van der Waals surface area contributed by atoms with Crippen LogP contribution in [0.4, 0.5) is 10.5 Å². The Labute approximate surface area is 212 Å². The predicted molar refractivity (Wildman–Crippen MR) is 140 cm³/mol. The summed E-state index contributed by atoms with van der Waals surface area (Å²) in [6, 6.07) is 25.0. The number of hydrogen-bond acceptors (Lipinski definition) is 4. The standard InChI is InChI=1S/C29H21ClN2O4/c1-18-11-13-21(15-25(18)30)32-28(34)24(27(33)31-29(32)35)16-23-22-10-6-5-9-20(22)12-14-26(23)36-17-19-7-3-2-4-8-19/h2-16H,17H2,1H3,(H,31,33,35)/b24-16+. The van der Waals surface area contributed by atoms with Gasteiger partial charge in [-0.15, -0.1) is 0 Å². The molecule has 4 aromatic carbocycles. The molecular weight excluding hydrogens is 476 g/mol. The second-order valence-corrected chi connectivity index (χ2v) is 8.77. The smallest absolute Gasteiger partial charge is 0.335 e. The zero-order valence-electron chi connectivity index (χ0n) is 19.3. The third kappa shape index (κ3) is 4.46. The van der Waals surface area contributed by atoms with Crippen LogP contribution in [0.1, 0.15) is 16.7 Å². The van der Waals surface area contributed by atoms with Crippen LogP contribution >= 0.6 is 11.6 Å². The van der Waals surface area contributed by atoms with Crippen LogP contribution in [0.25, 0.3) is 16.8 Å². The van der Waals surface area contributed by atoms with Gasteiger partial charge in [-0.25, -0.2) is 9.69 Å². The van der Waals surface area contributed by atoms with E-state index in [1.165, 1.54) is 12.1 Å². The van der Waals surface area contributed by atoms with Gasteiger partial charge in [-0.05, 0) is 53.1 Å². The van der Waals surface area contributed by atoms with E-state index in [1.54, 1.807) is 12.1 Å². The van der Waals surface area contributed by atoms with Crippen LogP contribution in [-0.2, 0) is 16.2 Å². The number of amides is 4. The Bertz CT molecular complexity index is 1550. The van der Waals surface area contributed by atoms with Crippen molar-refractivity contribution in [3.63, 3.8) is 0 Å². The number of imide groups is 2. The Balaban J connectivity index is 1.59. The van der Waals surface area contributed by atoms with E-state index in [-0.39, 0.29) is 11.3 Å². The zero-order valence-corrected chi connectivity index (χ0v) is 20.1. The third-order valence-corrected chi connectivity index (χ3v) is 6.38. The topological polar surface area (TPSA) is 75.7 Å². The molecule has 0 aliphatic carbocycles. The summed E-state index contributed by atoms with van der Waals surface area (Å²) in [6.07, 6.45) is 1.48. The fourth-order valence-electron chi connectivity index (χ4n) is 4.04. The summed E-state index contributed by atoms with van der Waals surface area (Å²) >= 11 is 6.23. The van der Waals surface area contributed by atoms with Crippen LogP contribution in [0.15, 0.2) is 90.5 Å². The molecule has 7 heteroatoms. The summed E-state index contributed by atoms with van der Waals surface area (Å²) in [5.41, 5.74) is 2.42. The first-order valence-corrected chi connectivity index (χ1v) is 11.7. The molecule has 1 N–H and O–H groups in total. The van der Waals surface area contributed by atoms with Gasteiger partial charge in [0.2, 0.25) is 0 Å². The van der Waals surface area contributed by atoms with Crippen molar-refractivity contribution in [3.8, 4) is 5.75 Å². The molecule has 0 radical (unpaired) electrons. The molecule has 0 unspecified atom stereocenters. The molecule has 5 rings (SSSR count).